The number of amides is 1. The first-order chi connectivity index (χ1) is 13.5. The number of nitrogens with one attached hydrogen (secondary N) is 1. The van der Waals surface area contributed by atoms with Crippen molar-refractivity contribution in [3.8, 4) is 6.07 Å². The Morgan fingerprint density at radius 2 is 2.18 bits per heavy atom. The van der Waals surface area contributed by atoms with Crippen molar-refractivity contribution in [2.75, 3.05) is 0 Å². The molecule has 2 saturated carbocycles. The Kier molecular flexibility index (Phi) is 4.01. The van der Waals surface area contributed by atoms with Crippen LogP contribution in [0, 0.1) is 16.7 Å². The molecule has 2 aliphatic heterocycles. The van der Waals surface area contributed by atoms with Crippen LogP contribution in [0.4, 0.5) is 0 Å². The lowest BCUT2D eigenvalue weighted by atomic mass is 9.58. The minimum absolute atomic E-state index is 0.109. The Hall–Kier alpha value is -2.35. The van der Waals surface area contributed by atoms with Gasteiger partial charge in [0.25, 0.3) is 0 Å². The third-order valence-corrected chi connectivity index (χ3v) is 7.29. The Morgan fingerprint density at radius 1 is 1.39 bits per heavy atom. The molecule has 2 atom stereocenters. The Balaban J connectivity index is 1.37. The summed E-state index contributed by atoms with van der Waals surface area (Å²) in [5.74, 6) is 1.00. The van der Waals surface area contributed by atoms with E-state index >= 15 is 0 Å². The molecule has 2 saturated heterocycles. The lowest BCUT2D eigenvalue weighted by molar-refractivity contribution is -0.152. The van der Waals surface area contributed by atoms with Crippen LogP contribution in [0.3, 0.4) is 0 Å². The molecule has 0 spiro atoms. The zero-order valence-corrected chi connectivity index (χ0v) is 16.7. The van der Waals surface area contributed by atoms with Gasteiger partial charge in [-0.05, 0) is 56.1 Å². The van der Waals surface area contributed by atoms with Crippen LogP contribution in [-0.2, 0) is 4.79 Å². The molecule has 1 aromatic heterocycles. The second-order valence-corrected chi connectivity index (χ2v) is 9.28. The number of aromatic amines is 1. The largest absolute Gasteiger partial charge is 0.337 e. The first kappa shape index (κ1) is 17.7. The van der Waals surface area contributed by atoms with Gasteiger partial charge in [-0.15, -0.1) is 0 Å². The maximum Gasteiger partial charge on any atom is 0.223 e. The van der Waals surface area contributed by atoms with Gasteiger partial charge in [0, 0.05) is 35.5 Å². The third kappa shape index (κ3) is 2.65. The fourth-order valence-electron chi connectivity index (χ4n) is 5.62. The van der Waals surface area contributed by atoms with Gasteiger partial charge in [-0.2, -0.15) is 10.4 Å². The molecule has 5 nitrogen and oxygen atoms in total. The molecule has 2 bridgehead atoms. The zero-order chi connectivity index (χ0) is 19.5. The van der Waals surface area contributed by atoms with Gasteiger partial charge in [-0.25, -0.2) is 0 Å². The molecule has 0 radical (unpaired) electrons. The van der Waals surface area contributed by atoms with Crippen LogP contribution in [0.1, 0.15) is 81.9 Å². The number of fused-ring (bicyclic) bond motifs is 3. The molecule has 28 heavy (non-hydrogen) atoms. The van der Waals surface area contributed by atoms with Crippen LogP contribution in [-0.4, -0.2) is 33.1 Å². The van der Waals surface area contributed by atoms with Crippen LogP contribution in [0.15, 0.2) is 18.2 Å². The number of hydrogen-bond donors (Lipinski definition) is 1. The maximum atomic E-state index is 13.3. The number of piperidine rings is 2. The highest BCUT2D eigenvalue weighted by Gasteiger charge is 2.55. The number of hydrogen-bond acceptors (Lipinski definition) is 3. The molecule has 1 N–H and O–H groups in total. The van der Waals surface area contributed by atoms with E-state index < -0.39 is 0 Å². The highest BCUT2D eigenvalue weighted by Crippen LogP contribution is 2.53. The van der Waals surface area contributed by atoms with Crippen molar-refractivity contribution in [2.45, 2.75) is 82.7 Å². The smallest absolute Gasteiger partial charge is 0.223 e. The number of nitriles is 1. The molecule has 2 aromatic rings. The number of nitrogens with zero attached hydrogens (tertiary/aromatic N) is 3. The van der Waals surface area contributed by atoms with Crippen LogP contribution >= 0.6 is 0 Å². The number of rotatable bonds is 5. The van der Waals surface area contributed by atoms with Crippen molar-refractivity contribution in [3.63, 3.8) is 0 Å². The minimum atomic E-state index is -0.160. The van der Waals surface area contributed by atoms with Gasteiger partial charge < -0.3 is 4.90 Å². The molecule has 1 aromatic carbocycles. The van der Waals surface area contributed by atoms with Crippen molar-refractivity contribution in [1.29, 1.82) is 5.26 Å². The van der Waals surface area contributed by atoms with Gasteiger partial charge in [0.1, 0.15) is 0 Å². The Morgan fingerprint density at radius 3 is 2.86 bits per heavy atom. The average Bonchev–Trinajstić information content (AvgIpc) is 3.44. The number of carbonyl (C=O) groups is 1. The van der Waals surface area contributed by atoms with E-state index in [1.54, 1.807) is 0 Å². The zero-order valence-electron chi connectivity index (χ0n) is 16.7. The summed E-state index contributed by atoms with van der Waals surface area (Å²) >= 11 is 0. The molecule has 146 valence electrons. The molecule has 1 amide bonds. The molecule has 2 aliphatic carbocycles. The van der Waals surface area contributed by atoms with E-state index in [0.717, 1.165) is 36.9 Å². The topological polar surface area (TPSA) is 72.8 Å². The minimum Gasteiger partial charge on any atom is -0.337 e. The summed E-state index contributed by atoms with van der Waals surface area (Å²) in [4.78, 5) is 15.4. The SMILES string of the molecule is CCC1CC2(C#N)CC(C2)N1C(=O)CC(C)c1[nH]nc2cccc(C3CC3)c12. The van der Waals surface area contributed by atoms with Crippen molar-refractivity contribution < 1.29 is 4.79 Å². The summed E-state index contributed by atoms with van der Waals surface area (Å²) in [5.41, 5.74) is 3.35. The molecule has 4 aliphatic rings. The first-order valence-corrected chi connectivity index (χ1v) is 10.7. The molecule has 3 heterocycles. The molecule has 6 rings (SSSR count). The predicted molar refractivity (Wildman–Crippen MR) is 108 cm³/mol. The van der Waals surface area contributed by atoms with Crippen LogP contribution in [0.2, 0.25) is 0 Å². The van der Waals surface area contributed by atoms with Gasteiger partial charge in [0.2, 0.25) is 5.91 Å². The van der Waals surface area contributed by atoms with E-state index in [0.29, 0.717) is 12.3 Å². The van der Waals surface area contributed by atoms with Gasteiger partial charge in [0.15, 0.2) is 0 Å². The highest BCUT2D eigenvalue weighted by atomic mass is 16.2. The van der Waals surface area contributed by atoms with E-state index in [4.69, 9.17) is 0 Å². The lowest BCUT2D eigenvalue weighted by Crippen LogP contribution is -2.63. The van der Waals surface area contributed by atoms with E-state index in [1.807, 2.05) is 0 Å². The summed E-state index contributed by atoms with van der Waals surface area (Å²) in [7, 11) is 0. The normalized spacial score (nSPS) is 30.0. The quantitative estimate of drug-likeness (QED) is 0.828. The standard InChI is InChI=1S/C23H28N4O/c1-3-16-10-23(13-24)11-17(12-23)27(16)20(28)9-14(2)22-21-18(15-7-8-15)5-4-6-19(21)25-26-22/h4-6,14-17H,3,7-12H2,1-2H3,(H,25,26). The Bertz CT molecular complexity index is 961. The molecule has 2 unspecified atom stereocenters. The second kappa shape index (κ2) is 6.34. The van der Waals surface area contributed by atoms with Gasteiger partial charge in [-0.3, -0.25) is 9.89 Å². The Labute approximate surface area is 166 Å². The molecular weight excluding hydrogens is 348 g/mol. The van der Waals surface area contributed by atoms with Crippen molar-refractivity contribution in [2.24, 2.45) is 5.41 Å². The first-order valence-electron chi connectivity index (χ1n) is 10.7. The number of benzene rings is 1. The van der Waals surface area contributed by atoms with E-state index in [-0.39, 0.29) is 29.3 Å². The van der Waals surface area contributed by atoms with Gasteiger partial charge in [-0.1, -0.05) is 26.0 Å². The second-order valence-electron chi connectivity index (χ2n) is 9.28. The van der Waals surface area contributed by atoms with E-state index in [9.17, 15) is 10.1 Å². The summed E-state index contributed by atoms with van der Waals surface area (Å²) in [6.45, 7) is 4.27. The van der Waals surface area contributed by atoms with E-state index in [2.05, 4.69) is 53.2 Å². The monoisotopic (exact) mass is 376 g/mol. The molecule has 5 heteroatoms. The van der Waals surface area contributed by atoms with Crippen molar-refractivity contribution in [1.82, 2.24) is 15.1 Å². The summed E-state index contributed by atoms with van der Waals surface area (Å²) in [6, 6.07) is 9.38. The van der Waals surface area contributed by atoms with E-state index in [1.165, 1.54) is 23.8 Å². The van der Waals surface area contributed by atoms with Crippen LogP contribution in [0.25, 0.3) is 10.9 Å². The van der Waals surface area contributed by atoms with Crippen LogP contribution < -0.4 is 0 Å². The fraction of sp³-hybridized carbons (Fsp3) is 0.609. The highest BCUT2D eigenvalue weighted by molar-refractivity contribution is 5.87. The summed E-state index contributed by atoms with van der Waals surface area (Å²) in [5, 5.41) is 18.5. The van der Waals surface area contributed by atoms with Crippen LogP contribution in [0.5, 0.6) is 0 Å². The van der Waals surface area contributed by atoms with Gasteiger partial charge in [0.05, 0.1) is 17.0 Å². The van der Waals surface area contributed by atoms with Gasteiger partial charge >= 0.3 is 0 Å². The van der Waals surface area contributed by atoms with Crippen molar-refractivity contribution in [3.05, 3.63) is 29.5 Å². The number of carbonyl (C=O) groups excluding carboxylic acids is 1. The fourth-order valence-corrected chi connectivity index (χ4v) is 5.62. The maximum absolute atomic E-state index is 13.3. The summed E-state index contributed by atoms with van der Waals surface area (Å²) in [6.07, 6.45) is 6.51. The van der Waals surface area contributed by atoms with Crippen molar-refractivity contribution >= 4 is 16.8 Å². The number of aromatic nitrogens is 2. The lowest BCUT2D eigenvalue weighted by Gasteiger charge is -2.58. The number of H-pyrrole nitrogens is 1. The molecular formula is C23H28N4O. The summed E-state index contributed by atoms with van der Waals surface area (Å²) < 4.78 is 0. The molecule has 4 fully saturated rings. The average molecular weight is 377 g/mol. The predicted octanol–water partition coefficient (Wildman–Crippen LogP) is 4.62. The third-order valence-electron chi connectivity index (χ3n) is 7.29.